The first kappa shape index (κ1) is 12.0. The molecular formula is C18H17N. The van der Waals surface area contributed by atoms with Crippen molar-refractivity contribution in [1.82, 2.24) is 5.32 Å². The van der Waals surface area contributed by atoms with Crippen LogP contribution in [0.1, 0.15) is 29.2 Å². The van der Waals surface area contributed by atoms with Gasteiger partial charge in [0.2, 0.25) is 0 Å². The van der Waals surface area contributed by atoms with Gasteiger partial charge in [-0.1, -0.05) is 54.3 Å². The highest BCUT2D eigenvalue weighted by Crippen LogP contribution is 2.30. The zero-order valence-electron chi connectivity index (χ0n) is 10.9. The van der Waals surface area contributed by atoms with Gasteiger partial charge in [0.25, 0.3) is 0 Å². The first-order valence-electron chi connectivity index (χ1n) is 6.78. The summed E-state index contributed by atoms with van der Waals surface area (Å²) in [6, 6.07) is 19.3. The van der Waals surface area contributed by atoms with E-state index in [1.807, 2.05) is 30.3 Å². The van der Waals surface area contributed by atoms with E-state index in [1.165, 1.54) is 24.0 Å². The van der Waals surface area contributed by atoms with E-state index in [0.29, 0.717) is 6.04 Å². The van der Waals surface area contributed by atoms with Crippen LogP contribution in [-0.4, -0.2) is 6.54 Å². The second-order valence-electron chi connectivity index (χ2n) is 4.84. The Hall–Kier alpha value is -2.04. The molecule has 2 aromatic rings. The first-order chi connectivity index (χ1) is 9.43. The molecule has 0 fully saturated rings. The molecule has 1 aliphatic carbocycles. The lowest BCUT2D eigenvalue weighted by Gasteiger charge is -2.11. The number of fused-ring (bicyclic) bond motifs is 1. The van der Waals surface area contributed by atoms with Gasteiger partial charge in [0.15, 0.2) is 0 Å². The van der Waals surface area contributed by atoms with Crippen LogP contribution < -0.4 is 5.32 Å². The van der Waals surface area contributed by atoms with Gasteiger partial charge in [-0.05, 0) is 36.1 Å². The van der Waals surface area contributed by atoms with Gasteiger partial charge in [-0.15, -0.1) is 0 Å². The molecule has 1 heteroatoms. The molecule has 0 amide bonds. The van der Waals surface area contributed by atoms with Crippen LogP contribution in [0.15, 0.2) is 54.6 Å². The van der Waals surface area contributed by atoms with Crippen molar-refractivity contribution in [1.29, 1.82) is 0 Å². The van der Waals surface area contributed by atoms with Crippen LogP contribution >= 0.6 is 0 Å². The smallest absolute Gasteiger partial charge is 0.0585 e. The minimum Gasteiger partial charge on any atom is -0.299 e. The van der Waals surface area contributed by atoms with Gasteiger partial charge in [-0.2, -0.15) is 0 Å². The van der Waals surface area contributed by atoms with E-state index < -0.39 is 0 Å². The van der Waals surface area contributed by atoms with E-state index in [0.717, 1.165) is 12.1 Å². The Labute approximate surface area is 114 Å². The van der Waals surface area contributed by atoms with Gasteiger partial charge in [-0.3, -0.25) is 5.32 Å². The van der Waals surface area contributed by atoms with E-state index in [-0.39, 0.29) is 0 Å². The summed E-state index contributed by atoms with van der Waals surface area (Å²) in [5.74, 6) is 6.38. The number of aryl methyl sites for hydroxylation is 1. The van der Waals surface area contributed by atoms with Gasteiger partial charge >= 0.3 is 0 Å². The summed E-state index contributed by atoms with van der Waals surface area (Å²) in [5, 5.41) is 3.53. The van der Waals surface area contributed by atoms with Gasteiger partial charge in [0, 0.05) is 11.6 Å². The van der Waals surface area contributed by atoms with E-state index in [4.69, 9.17) is 0 Å². The van der Waals surface area contributed by atoms with Gasteiger partial charge in [0.05, 0.1) is 6.54 Å². The van der Waals surface area contributed by atoms with Crippen molar-refractivity contribution in [3.63, 3.8) is 0 Å². The van der Waals surface area contributed by atoms with Crippen molar-refractivity contribution in [3.8, 4) is 11.8 Å². The standard InChI is InChI=1S/C18H17N/c1-2-7-15(8-3-1)9-6-14-19-18-13-12-16-10-4-5-11-17(16)18/h1-5,7-8,10-11,18-19H,12-14H2. The summed E-state index contributed by atoms with van der Waals surface area (Å²) in [6.07, 6.45) is 2.37. The van der Waals surface area contributed by atoms with Crippen LogP contribution in [0.4, 0.5) is 0 Å². The molecule has 1 N–H and O–H groups in total. The lowest BCUT2D eigenvalue weighted by molar-refractivity contribution is 0.568. The Bertz CT molecular complexity index is 604. The average Bonchev–Trinajstić information content (AvgIpc) is 2.88. The third-order valence-electron chi connectivity index (χ3n) is 3.58. The Morgan fingerprint density at radius 3 is 2.68 bits per heavy atom. The number of benzene rings is 2. The fourth-order valence-electron chi connectivity index (χ4n) is 2.61. The number of hydrogen-bond donors (Lipinski definition) is 1. The summed E-state index contributed by atoms with van der Waals surface area (Å²) in [4.78, 5) is 0. The molecule has 94 valence electrons. The van der Waals surface area contributed by atoms with Crippen LogP contribution in [-0.2, 0) is 6.42 Å². The quantitative estimate of drug-likeness (QED) is 0.803. The number of nitrogens with one attached hydrogen (secondary N) is 1. The van der Waals surface area contributed by atoms with Crippen LogP contribution in [0.5, 0.6) is 0 Å². The fourth-order valence-corrected chi connectivity index (χ4v) is 2.61. The molecule has 0 saturated heterocycles. The molecule has 0 aromatic heterocycles. The molecule has 0 saturated carbocycles. The molecule has 1 atom stereocenters. The largest absolute Gasteiger partial charge is 0.299 e. The van der Waals surface area contributed by atoms with E-state index >= 15 is 0 Å². The summed E-state index contributed by atoms with van der Waals surface area (Å²) in [6.45, 7) is 0.744. The summed E-state index contributed by atoms with van der Waals surface area (Å²) >= 11 is 0. The lowest BCUT2D eigenvalue weighted by atomic mass is 10.1. The second kappa shape index (κ2) is 5.73. The zero-order chi connectivity index (χ0) is 12.9. The minimum atomic E-state index is 0.473. The topological polar surface area (TPSA) is 12.0 Å². The Morgan fingerprint density at radius 2 is 1.79 bits per heavy atom. The highest BCUT2D eigenvalue weighted by molar-refractivity contribution is 5.36. The Morgan fingerprint density at radius 1 is 1.00 bits per heavy atom. The predicted octanol–water partition coefficient (Wildman–Crippen LogP) is 3.32. The predicted molar refractivity (Wildman–Crippen MR) is 78.8 cm³/mol. The summed E-state index contributed by atoms with van der Waals surface area (Å²) in [7, 11) is 0. The SMILES string of the molecule is C(#Cc1ccccc1)CNC1CCc2ccccc21. The maximum Gasteiger partial charge on any atom is 0.0585 e. The van der Waals surface area contributed by atoms with Crippen LogP contribution in [0.2, 0.25) is 0 Å². The van der Waals surface area contributed by atoms with Gasteiger partial charge in [0.1, 0.15) is 0 Å². The Kier molecular flexibility index (Phi) is 3.63. The van der Waals surface area contributed by atoms with Gasteiger partial charge in [-0.25, -0.2) is 0 Å². The van der Waals surface area contributed by atoms with Crippen molar-refractivity contribution in [3.05, 3.63) is 71.3 Å². The molecule has 1 unspecified atom stereocenters. The van der Waals surface area contributed by atoms with Crippen LogP contribution in [0, 0.1) is 11.8 Å². The minimum absolute atomic E-state index is 0.473. The van der Waals surface area contributed by atoms with E-state index in [2.05, 4.69) is 41.4 Å². The van der Waals surface area contributed by atoms with Crippen molar-refractivity contribution in [2.24, 2.45) is 0 Å². The summed E-state index contributed by atoms with van der Waals surface area (Å²) in [5.41, 5.74) is 4.01. The molecule has 19 heavy (non-hydrogen) atoms. The zero-order valence-corrected chi connectivity index (χ0v) is 10.9. The molecule has 1 aliphatic rings. The van der Waals surface area contributed by atoms with Crippen LogP contribution in [0.3, 0.4) is 0 Å². The van der Waals surface area contributed by atoms with E-state index in [9.17, 15) is 0 Å². The summed E-state index contributed by atoms with van der Waals surface area (Å²) < 4.78 is 0. The van der Waals surface area contributed by atoms with E-state index in [1.54, 1.807) is 0 Å². The maximum absolute atomic E-state index is 3.53. The molecule has 2 aromatic carbocycles. The van der Waals surface area contributed by atoms with Crippen LogP contribution in [0.25, 0.3) is 0 Å². The number of hydrogen-bond acceptors (Lipinski definition) is 1. The van der Waals surface area contributed by atoms with Crippen molar-refractivity contribution in [2.45, 2.75) is 18.9 Å². The highest BCUT2D eigenvalue weighted by Gasteiger charge is 2.20. The molecule has 0 spiro atoms. The third-order valence-corrected chi connectivity index (χ3v) is 3.58. The molecule has 0 radical (unpaired) electrons. The Balaban J connectivity index is 1.59. The van der Waals surface area contributed by atoms with Gasteiger partial charge < -0.3 is 0 Å². The highest BCUT2D eigenvalue weighted by atomic mass is 14.9. The molecule has 0 bridgehead atoms. The monoisotopic (exact) mass is 247 g/mol. The lowest BCUT2D eigenvalue weighted by Crippen LogP contribution is -2.19. The second-order valence-corrected chi connectivity index (χ2v) is 4.84. The third kappa shape index (κ3) is 2.86. The van der Waals surface area contributed by atoms with Crippen molar-refractivity contribution < 1.29 is 0 Å². The average molecular weight is 247 g/mol. The first-order valence-corrected chi connectivity index (χ1v) is 6.78. The molecule has 0 heterocycles. The molecule has 0 aliphatic heterocycles. The van der Waals surface area contributed by atoms with Crippen molar-refractivity contribution in [2.75, 3.05) is 6.54 Å². The number of rotatable bonds is 2. The maximum atomic E-state index is 3.53. The normalized spacial score (nSPS) is 16.5. The molecular weight excluding hydrogens is 230 g/mol. The molecule has 3 rings (SSSR count). The van der Waals surface area contributed by atoms with Crippen molar-refractivity contribution >= 4 is 0 Å². The fraction of sp³-hybridized carbons (Fsp3) is 0.222. The molecule has 1 nitrogen and oxygen atoms in total.